The van der Waals surface area contributed by atoms with Gasteiger partial charge in [-0.2, -0.15) is 0 Å². The Balaban J connectivity index is 2.09. The number of rotatable bonds is 4. The van der Waals surface area contributed by atoms with Gasteiger partial charge in [0.05, 0.1) is 0 Å². The Morgan fingerprint density at radius 3 is 2.92 bits per heavy atom. The standard InChI is InChI=1S/C11H19Cl/c1-2-3-4-6-10-7-5-8-11(12)9-10/h2,10-11H,1,3-9H2. The number of unbranched alkanes of at least 4 members (excludes halogenated alkanes) is 1. The molecular formula is C11H19Cl. The fraction of sp³-hybridized carbons (Fsp3) is 0.818. The minimum atomic E-state index is 0.465. The van der Waals surface area contributed by atoms with Gasteiger partial charge in [0.2, 0.25) is 0 Å². The first kappa shape index (κ1) is 10.1. The molecule has 1 aliphatic carbocycles. The third kappa shape index (κ3) is 3.62. The molecule has 0 bridgehead atoms. The lowest BCUT2D eigenvalue weighted by Gasteiger charge is -2.25. The summed E-state index contributed by atoms with van der Waals surface area (Å²) < 4.78 is 0. The van der Waals surface area contributed by atoms with Crippen LogP contribution in [0, 0.1) is 5.92 Å². The van der Waals surface area contributed by atoms with Crippen molar-refractivity contribution in [1.29, 1.82) is 0 Å². The zero-order chi connectivity index (χ0) is 8.81. The van der Waals surface area contributed by atoms with Crippen molar-refractivity contribution >= 4 is 11.6 Å². The summed E-state index contributed by atoms with van der Waals surface area (Å²) in [4.78, 5) is 0. The summed E-state index contributed by atoms with van der Waals surface area (Å²) in [6.07, 6.45) is 11.1. The molecule has 0 spiro atoms. The van der Waals surface area contributed by atoms with Crippen LogP contribution in [-0.4, -0.2) is 5.38 Å². The first-order chi connectivity index (χ1) is 5.83. The topological polar surface area (TPSA) is 0 Å². The molecule has 0 aromatic heterocycles. The molecule has 1 saturated carbocycles. The Morgan fingerprint density at radius 1 is 1.42 bits per heavy atom. The third-order valence-electron chi connectivity index (χ3n) is 2.74. The highest BCUT2D eigenvalue weighted by atomic mass is 35.5. The predicted molar refractivity (Wildman–Crippen MR) is 55.6 cm³/mol. The molecule has 0 N–H and O–H groups in total. The summed E-state index contributed by atoms with van der Waals surface area (Å²) in [5.41, 5.74) is 0. The van der Waals surface area contributed by atoms with Gasteiger partial charge in [-0.3, -0.25) is 0 Å². The molecule has 0 amide bonds. The van der Waals surface area contributed by atoms with Crippen molar-refractivity contribution in [2.45, 2.75) is 50.3 Å². The molecule has 1 rings (SSSR count). The molecule has 2 unspecified atom stereocenters. The van der Waals surface area contributed by atoms with Gasteiger partial charge in [-0.25, -0.2) is 0 Å². The summed E-state index contributed by atoms with van der Waals surface area (Å²) >= 11 is 6.10. The van der Waals surface area contributed by atoms with Crippen LogP contribution in [-0.2, 0) is 0 Å². The normalized spacial score (nSPS) is 30.1. The first-order valence-corrected chi connectivity index (χ1v) is 5.51. The maximum Gasteiger partial charge on any atom is 0.0338 e. The minimum absolute atomic E-state index is 0.465. The van der Waals surface area contributed by atoms with Gasteiger partial charge >= 0.3 is 0 Å². The van der Waals surface area contributed by atoms with E-state index in [1.807, 2.05) is 6.08 Å². The molecule has 0 radical (unpaired) electrons. The van der Waals surface area contributed by atoms with Gasteiger partial charge in [0, 0.05) is 5.38 Å². The Labute approximate surface area is 81.0 Å². The second kappa shape index (κ2) is 5.64. The zero-order valence-corrected chi connectivity index (χ0v) is 8.52. The molecular weight excluding hydrogens is 168 g/mol. The van der Waals surface area contributed by atoms with Crippen molar-refractivity contribution in [3.05, 3.63) is 12.7 Å². The zero-order valence-electron chi connectivity index (χ0n) is 7.77. The van der Waals surface area contributed by atoms with Crippen molar-refractivity contribution in [2.24, 2.45) is 5.92 Å². The predicted octanol–water partition coefficient (Wildman–Crippen LogP) is 4.14. The van der Waals surface area contributed by atoms with Crippen molar-refractivity contribution in [2.75, 3.05) is 0 Å². The van der Waals surface area contributed by atoms with E-state index in [4.69, 9.17) is 11.6 Å². The summed E-state index contributed by atoms with van der Waals surface area (Å²) in [7, 11) is 0. The van der Waals surface area contributed by atoms with E-state index in [1.54, 1.807) is 0 Å². The van der Waals surface area contributed by atoms with Crippen molar-refractivity contribution in [3.63, 3.8) is 0 Å². The van der Waals surface area contributed by atoms with E-state index in [1.165, 1.54) is 44.9 Å². The van der Waals surface area contributed by atoms with E-state index in [-0.39, 0.29) is 0 Å². The molecule has 1 fully saturated rings. The Bertz CT molecular complexity index is 131. The molecule has 2 atom stereocenters. The summed E-state index contributed by atoms with van der Waals surface area (Å²) in [5.74, 6) is 0.904. The van der Waals surface area contributed by atoms with Gasteiger partial charge in [0.15, 0.2) is 0 Å². The second-order valence-electron chi connectivity index (χ2n) is 3.85. The van der Waals surface area contributed by atoms with E-state index in [9.17, 15) is 0 Å². The van der Waals surface area contributed by atoms with Crippen LogP contribution < -0.4 is 0 Å². The SMILES string of the molecule is C=CCCCC1CCCC(Cl)C1. The van der Waals surface area contributed by atoms with Crippen molar-refractivity contribution in [3.8, 4) is 0 Å². The Hall–Kier alpha value is 0.0300. The van der Waals surface area contributed by atoms with Crippen LogP contribution in [0.2, 0.25) is 0 Å². The highest BCUT2D eigenvalue weighted by Crippen LogP contribution is 2.30. The van der Waals surface area contributed by atoms with Gasteiger partial charge in [-0.1, -0.05) is 25.3 Å². The van der Waals surface area contributed by atoms with E-state index in [0.29, 0.717) is 5.38 Å². The van der Waals surface area contributed by atoms with Gasteiger partial charge in [-0.05, 0) is 31.6 Å². The number of hydrogen-bond donors (Lipinski definition) is 0. The van der Waals surface area contributed by atoms with Crippen LogP contribution in [0.4, 0.5) is 0 Å². The summed E-state index contributed by atoms with van der Waals surface area (Å²) in [6, 6.07) is 0. The number of hydrogen-bond acceptors (Lipinski definition) is 0. The molecule has 0 aromatic carbocycles. The minimum Gasteiger partial charge on any atom is -0.123 e. The third-order valence-corrected chi connectivity index (χ3v) is 3.14. The second-order valence-corrected chi connectivity index (χ2v) is 4.47. The van der Waals surface area contributed by atoms with E-state index in [2.05, 4.69) is 6.58 Å². The smallest absolute Gasteiger partial charge is 0.0338 e. The van der Waals surface area contributed by atoms with E-state index in [0.717, 1.165) is 5.92 Å². The maximum absolute atomic E-state index is 6.10. The van der Waals surface area contributed by atoms with Crippen LogP contribution >= 0.6 is 11.6 Å². The largest absolute Gasteiger partial charge is 0.123 e. The highest BCUT2D eigenvalue weighted by Gasteiger charge is 2.19. The quantitative estimate of drug-likeness (QED) is 0.352. The lowest BCUT2D eigenvalue weighted by molar-refractivity contribution is 0.337. The van der Waals surface area contributed by atoms with Crippen molar-refractivity contribution in [1.82, 2.24) is 0 Å². The lowest BCUT2D eigenvalue weighted by Crippen LogP contribution is -2.15. The molecule has 12 heavy (non-hydrogen) atoms. The Kier molecular flexibility index (Phi) is 4.75. The van der Waals surface area contributed by atoms with Gasteiger partial charge < -0.3 is 0 Å². The molecule has 0 aromatic rings. The first-order valence-electron chi connectivity index (χ1n) is 5.08. The number of allylic oxidation sites excluding steroid dienone is 1. The molecule has 0 aliphatic heterocycles. The lowest BCUT2D eigenvalue weighted by atomic mass is 9.85. The van der Waals surface area contributed by atoms with Crippen LogP contribution in [0.3, 0.4) is 0 Å². The summed E-state index contributed by atoms with van der Waals surface area (Å²) in [6.45, 7) is 3.73. The van der Waals surface area contributed by atoms with Gasteiger partial charge in [-0.15, -0.1) is 18.2 Å². The summed E-state index contributed by atoms with van der Waals surface area (Å²) in [5, 5.41) is 0.465. The fourth-order valence-corrected chi connectivity index (χ4v) is 2.44. The molecule has 70 valence electrons. The van der Waals surface area contributed by atoms with Crippen molar-refractivity contribution < 1.29 is 0 Å². The molecule has 1 heteroatoms. The maximum atomic E-state index is 6.10. The fourth-order valence-electron chi connectivity index (χ4n) is 2.04. The van der Waals surface area contributed by atoms with Crippen LogP contribution in [0.1, 0.15) is 44.9 Å². The highest BCUT2D eigenvalue weighted by molar-refractivity contribution is 6.20. The van der Waals surface area contributed by atoms with Crippen LogP contribution in [0.15, 0.2) is 12.7 Å². The van der Waals surface area contributed by atoms with E-state index >= 15 is 0 Å². The average molecular weight is 187 g/mol. The molecule has 0 heterocycles. The Morgan fingerprint density at radius 2 is 2.25 bits per heavy atom. The van der Waals surface area contributed by atoms with Gasteiger partial charge in [0.1, 0.15) is 0 Å². The number of alkyl halides is 1. The van der Waals surface area contributed by atoms with Gasteiger partial charge in [0.25, 0.3) is 0 Å². The molecule has 1 aliphatic rings. The average Bonchev–Trinajstić information content (AvgIpc) is 2.05. The molecule has 0 nitrogen and oxygen atoms in total. The molecule has 0 saturated heterocycles. The van der Waals surface area contributed by atoms with Crippen LogP contribution in [0.5, 0.6) is 0 Å². The number of halogens is 1. The van der Waals surface area contributed by atoms with E-state index < -0.39 is 0 Å². The van der Waals surface area contributed by atoms with Crippen LogP contribution in [0.25, 0.3) is 0 Å². The monoisotopic (exact) mass is 186 g/mol.